The molecule has 4 aliphatic carbocycles. The molecule has 3 amide bonds. The van der Waals surface area contributed by atoms with Crippen LogP contribution in [0, 0.1) is 17.8 Å². The number of anilines is 1. The van der Waals surface area contributed by atoms with Crippen molar-refractivity contribution < 1.29 is 14.3 Å². The number of rotatable bonds is 3. The second kappa shape index (κ2) is 5.96. The first kappa shape index (κ1) is 16.6. The molecule has 1 aromatic heterocycles. The van der Waals surface area contributed by atoms with E-state index in [0.717, 1.165) is 47.5 Å². The molecule has 6 rings (SSSR count). The Bertz CT molecular complexity index is 737. The van der Waals surface area contributed by atoms with Crippen LogP contribution in [-0.4, -0.2) is 24.1 Å². The Morgan fingerprint density at radius 3 is 2.38 bits per heavy atom. The van der Waals surface area contributed by atoms with Gasteiger partial charge in [-0.05, 0) is 68.3 Å². The minimum atomic E-state index is -0.477. The van der Waals surface area contributed by atoms with Gasteiger partial charge in [0.25, 0.3) is 5.91 Å². The molecule has 0 saturated heterocycles. The molecule has 7 heteroatoms. The summed E-state index contributed by atoms with van der Waals surface area (Å²) in [5.74, 6) is 1.84. The zero-order valence-corrected chi connectivity index (χ0v) is 15.6. The van der Waals surface area contributed by atoms with E-state index < -0.39 is 5.91 Å². The van der Waals surface area contributed by atoms with E-state index >= 15 is 0 Å². The molecule has 140 valence electrons. The SMILES string of the molecule is NC(=O)c1c(NC(=O)NC23CC4CC(CC(C4)C2)C3)sc2c1CCOC2. The van der Waals surface area contributed by atoms with Crippen molar-refractivity contribution in [2.75, 3.05) is 11.9 Å². The van der Waals surface area contributed by atoms with Crippen LogP contribution in [0.2, 0.25) is 0 Å². The van der Waals surface area contributed by atoms with Crippen LogP contribution < -0.4 is 16.4 Å². The average molecular weight is 375 g/mol. The Labute approximate surface area is 156 Å². The molecule has 4 fully saturated rings. The first-order chi connectivity index (χ1) is 12.5. The van der Waals surface area contributed by atoms with E-state index in [1.54, 1.807) is 0 Å². The van der Waals surface area contributed by atoms with Crippen LogP contribution in [0.25, 0.3) is 0 Å². The van der Waals surface area contributed by atoms with Crippen molar-refractivity contribution in [3.05, 3.63) is 16.0 Å². The quantitative estimate of drug-likeness (QED) is 0.758. The molecule has 0 aromatic carbocycles. The number of urea groups is 1. The molecule has 0 atom stereocenters. The van der Waals surface area contributed by atoms with Crippen molar-refractivity contribution in [2.45, 2.75) is 57.1 Å². The third kappa shape index (κ3) is 2.72. The topological polar surface area (TPSA) is 93.5 Å². The normalized spacial score (nSPS) is 34.4. The van der Waals surface area contributed by atoms with Crippen LogP contribution in [0.4, 0.5) is 9.80 Å². The molecule has 4 N–H and O–H groups in total. The Morgan fingerprint density at radius 1 is 1.12 bits per heavy atom. The predicted octanol–water partition coefficient (Wildman–Crippen LogP) is 3.01. The summed E-state index contributed by atoms with van der Waals surface area (Å²) in [6.45, 7) is 1.07. The van der Waals surface area contributed by atoms with Gasteiger partial charge in [0.05, 0.1) is 18.8 Å². The number of nitrogens with two attached hydrogens (primary N) is 1. The lowest BCUT2D eigenvalue weighted by Crippen LogP contribution is -2.60. The molecule has 4 bridgehead atoms. The van der Waals surface area contributed by atoms with Crippen molar-refractivity contribution in [3.8, 4) is 0 Å². The van der Waals surface area contributed by atoms with Crippen LogP contribution in [0.15, 0.2) is 0 Å². The van der Waals surface area contributed by atoms with Gasteiger partial charge in [0.1, 0.15) is 5.00 Å². The van der Waals surface area contributed by atoms with E-state index in [4.69, 9.17) is 10.5 Å². The summed E-state index contributed by atoms with van der Waals surface area (Å²) in [6, 6.07) is -0.200. The van der Waals surface area contributed by atoms with Gasteiger partial charge in [-0.15, -0.1) is 11.3 Å². The number of ether oxygens (including phenoxy) is 1. The van der Waals surface area contributed by atoms with Crippen LogP contribution >= 0.6 is 11.3 Å². The highest BCUT2D eigenvalue weighted by Gasteiger charge is 2.51. The van der Waals surface area contributed by atoms with Gasteiger partial charge in [0.2, 0.25) is 0 Å². The lowest BCUT2D eigenvalue weighted by atomic mass is 9.53. The van der Waals surface area contributed by atoms with E-state index in [0.29, 0.717) is 30.2 Å². The Hall–Kier alpha value is -1.60. The van der Waals surface area contributed by atoms with Crippen LogP contribution in [0.3, 0.4) is 0 Å². The van der Waals surface area contributed by atoms with Crippen LogP contribution in [-0.2, 0) is 17.8 Å². The number of hydrogen-bond donors (Lipinski definition) is 3. The highest BCUT2D eigenvalue weighted by molar-refractivity contribution is 7.17. The molecule has 1 aliphatic heterocycles. The molecule has 0 unspecified atom stereocenters. The Morgan fingerprint density at radius 2 is 1.77 bits per heavy atom. The van der Waals surface area contributed by atoms with E-state index in [9.17, 15) is 9.59 Å². The molecule has 6 nitrogen and oxygen atoms in total. The zero-order valence-electron chi connectivity index (χ0n) is 14.8. The van der Waals surface area contributed by atoms with Gasteiger partial charge in [0, 0.05) is 10.4 Å². The molecule has 1 aromatic rings. The molecule has 0 radical (unpaired) electrons. The number of amides is 3. The van der Waals surface area contributed by atoms with Gasteiger partial charge >= 0.3 is 6.03 Å². The third-order valence-corrected chi connectivity index (χ3v) is 7.83. The number of hydrogen-bond acceptors (Lipinski definition) is 4. The summed E-state index contributed by atoms with van der Waals surface area (Å²) >= 11 is 1.41. The predicted molar refractivity (Wildman–Crippen MR) is 99.3 cm³/mol. The van der Waals surface area contributed by atoms with Gasteiger partial charge in [-0.25, -0.2) is 4.79 Å². The van der Waals surface area contributed by atoms with Crippen molar-refractivity contribution in [1.29, 1.82) is 0 Å². The van der Waals surface area contributed by atoms with Gasteiger partial charge in [-0.3, -0.25) is 10.1 Å². The fraction of sp³-hybridized carbons (Fsp3) is 0.684. The molecule has 26 heavy (non-hydrogen) atoms. The molecular weight excluding hydrogens is 350 g/mol. The first-order valence-electron chi connectivity index (χ1n) is 9.62. The number of carbonyl (C=O) groups is 2. The number of primary amides is 1. The minimum Gasteiger partial charge on any atom is -0.376 e. The monoisotopic (exact) mass is 375 g/mol. The van der Waals surface area contributed by atoms with Gasteiger partial charge < -0.3 is 15.8 Å². The van der Waals surface area contributed by atoms with Crippen LogP contribution in [0.1, 0.15) is 59.3 Å². The standard InChI is InChI=1S/C19H25N3O3S/c20-16(23)15-13-1-2-25-9-14(13)26-17(15)21-18(24)22-19-6-10-3-11(7-19)5-12(4-10)8-19/h10-12H,1-9H2,(H2,20,23)(H2,21,22,24). The second-order valence-electron chi connectivity index (χ2n) is 8.65. The maximum Gasteiger partial charge on any atom is 0.320 e. The van der Waals surface area contributed by atoms with Gasteiger partial charge in [0.15, 0.2) is 0 Å². The molecular formula is C19H25N3O3S. The number of carbonyl (C=O) groups excluding carboxylic acids is 2. The maximum absolute atomic E-state index is 12.8. The maximum atomic E-state index is 12.8. The zero-order chi connectivity index (χ0) is 17.9. The molecule has 0 spiro atoms. The number of nitrogens with one attached hydrogen (secondary N) is 2. The smallest absolute Gasteiger partial charge is 0.320 e. The fourth-order valence-corrected chi connectivity index (χ4v) is 7.41. The summed E-state index contributed by atoms with van der Waals surface area (Å²) in [4.78, 5) is 25.7. The Kier molecular flexibility index (Phi) is 3.79. The minimum absolute atomic E-state index is 0.0499. The van der Waals surface area contributed by atoms with Crippen molar-refractivity contribution in [1.82, 2.24) is 5.32 Å². The molecule has 2 heterocycles. The second-order valence-corrected chi connectivity index (χ2v) is 9.76. The van der Waals surface area contributed by atoms with Crippen molar-refractivity contribution >= 4 is 28.3 Å². The highest BCUT2D eigenvalue weighted by atomic mass is 32.1. The van der Waals surface area contributed by atoms with E-state index in [2.05, 4.69) is 10.6 Å². The molecule has 4 saturated carbocycles. The third-order valence-electron chi connectivity index (χ3n) is 6.71. The summed E-state index contributed by atoms with van der Waals surface area (Å²) in [7, 11) is 0. The van der Waals surface area contributed by atoms with Crippen LogP contribution in [0.5, 0.6) is 0 Å². The number of fused-ring (bicyclic) bond motifs is 1. The molecule has 5 aliphatic rings. The first-order valence-corrected chi connectivity index (χ1v) is 10.4. The van der Waals surface area contributed by atoms with E-state index in [1.165, 1.54) is 30.6 Å². The summed E-state index contributed by atoms with van der Waals surface area (Å²) in [6.07, 6.45) is 7.99. The summed E-state index contributed by atoms with van der Waals surface area (Å²) in [5, 5.41) is 6.79. The fourth-order valence-electron chi connectivity index (χ4n) is 6.22. The Balaban J connectivity index is 1.35. The van der Waals surface area contributed by atoms with Gasteiger partial charge in [-0.2, -0.15) is 0 Å². The average Bonchev–Trinajstić information content (AvgIpc) is 2.90. The lowest BCUT2D eigenvalue weighted by molar-refractivity contribution is -0.0127. The van der Waals surface area contributed by atoms with Gasteiger partial charge in [-0.1, -0.05) is 0 Å². The summed E-state index contributed by atoms with van der Waals surface area (Å²) < 4.78 is 5.47. The number of thiophene rings is 1. The summed E-state index contributed by atoms with van der Waals surface area (Å²) in [5.41, 5.74) is 6.96. The van der Waals surface area contributed by atoms with Crippen molar-refractivity contribution in [2.24, 2.45) is 23.5 Å². The van der Waals surface area contributed by atoms with E-state index in [1.807, 2.05) is 0 Å². The largest absolute Gasteiger partial charge is 0.376 e. The lowest BCUT2D eigenvalue weighted by Gasteiger charge is -2.56. The highest BCUT2D eigenvalue weighted by Crippen LogP contribution is 2.55. The van der Waals surface area contributed by atoms with Crippen molar-refractivity contribution in [3.63, 3.8) is 0 Å². The van der Waals surface area contributed by atoms with E-state index in [-0.39, 0.29) is 11.6 Å².